The fourth-order valence-electron chi connectivity index (χ4n) is 3.37. The molecule has 0 aliphatic rings. The minimum Gasteiger partial charge on any atom is -0.345 e. The lowest BCUT2D eigenvalue weighted by Gasteiger charge is -2.15. The summed E-state index contributed by atoms with van der Waals surface area (Å²) in [6.07, 6.45) is 1.70. The van der Waals surface area contributed by atoms with E-state index in [0.29, 0.717) is 15.6 Å². The number of fused-ring (bicyclic) bond motifs is 1. The molecular weight excluding hydrogens is 405 g/mol. The summed E-state index contributed by atoms with van der Waals surface area (Å²) in [5.74, 6) is -0.140. The van der Waals surface area contributed by atoms with E-state index < -0.39 is 0 Å². The molecule has 29 heavy (non-hydrogen) atoms. The van der Waals surface area contributed by atoms with Gasteiger partial charge in [0.25, 0.3) is 5.91 Å². The van der Waals surface area contributed by atoms with Gasteiger partial charge in [0, 0.05) is 5.39 Å². The summed E-state index contributed by atoms with van der Waals surface area (Å²) in [7, 11) is 0. The normalized spacial score (nSPS) is 12.1. The molecule has 0 radical (unpaired) electrons. The second-order valence-electron chi connectivity index (χ2n) is 7.00. The van der Waals surface area contributed by atoms with Crippen LogP contribution in [0.25, 0.3) is 16.6 Å². The van der Waals surface area contributed by atoms with E-state index in [1.165, 1.54) is 0 Å². The molecule has 0 bridgehead atoms. The maximum Gasteiger partial charge on any atom is 0.252 e. The van der Waals surface area contributed by atoms with Gasteiger partial charge in [-0.05, 0) is 49.7 Å². The molecule has 0 fully saturated rings. The number of hydrogen-bond donors (Lipinski definition) is 1. The highest BCUT2D eigenvalue weighted by Crippen LogP contribution is 2.27. The fourth-order valence-corrected chi connectivity index (χ4v) is 3.66. The molecule has 1 aromatic heterocycles. The first-order chi connectivity index (χ1) is 13.9. The monoisotopic (exact) mass is 423 g/mol. The molecule has 1 atom stereocenters. The molecule has 6 heteroatoms. The zero-order valence-electron chi connectivity index (χ0n) is 16.0. The van der Waals surface area contributed by atoms with Gasteiger partial charge in [-0.1, -0.05) is 59.1 Å². The molecular formula is C23H19Cl2N3O. The third-order valence-corrected chi connectivity index (χ3v) is 5.63. The predicted molar refractivity (Wildman–Crippen MR) is 118 cm³/mol. The van der Waals surface area contributed by atoms with Crippen molar-refractivity contribution in [1.82, 2.24) is 15.1 Å². The molecule has 1 amide bonds. The van der Waals surface area contributed by atoms with Crippen LogP contribution in [-0.2, 0) is 0 Å². The molecule has 0 saturated carbocycles. The molecule has 4 aromatic rings. The summed E-state index contributed by atoms with van der Waals surface area (Å²) >= 11 is 12.2. The largest absolute Gasteiger partial charge is 0.345 e. The molecule has 1 unspecified atom stereocenters. The average molecular weight is 424 g/mol. The molecule has 0 spiro atoms. The number of aryl methyl sites for hydroxylation is 1. The van der Waals surface area contributed by atoms with Gasteiger partial charge in [-0.3, -0.25) is 4.79 Å². The number of nitrogens with zero attached hydrogens (tertiary/aromatic N) is 2. The molecule has 4 rings (SSSR count). The maximum absolute atomic E-state index is 13.0. The van der Waals surface area contributed by atoms with Crippen molar-refractivity contribution in [3.05, 3.63) is 93.6 Å². The number of rotatable bonds is 4. The number of carbonyl (C=O) groups excluding carboxylic acids is 1. The van der Waals surface area contributed by atoms with Crippen molar-refractivity contribution >= 4 is 40.0 Å². The van der Waals surface area contributed by atoms with Gasteiger partial charge in [0.05, 0.1) is 39.1 Å². The van der Waals surface area contributed by atoms with Crippen molar-refractivity contribution in [2.75, 3.05) is 0 Å². The molecule has 146 valence electrons. The van der Waals surface area contributed by atoms with E-state index in [1.54, 1.807) is 23.0 Å². The van der Waals surface area contributed by atoms with Crippen LogP contribution in [0.4, 0.5) is 0 Å². The molecule has 1 heterocycles. The van der Waals surface area contributed by atoms with Crippen molar-refractivity contribution in [2.24, 2.45) is 0 Å². The van der Waals surface area contributed by atoms with E-state index in [1.807, 2.05) is 56.3 Å². The van der Waals surface area contributed by atoms with Gasteiger partial charge in [0.1, 0.15) is 0 Å². The summed E-state index contributed by atoms with van der Waals surface area (Å²) in [4.78, 5) is 13.0. The number of nitrogens with one attached hydrogen (secondary N) is 1. The highest BCUT2D eigenvalue weighted by Gasteiger charge is 2.17. The standard InChI is InChI=1S/C23H19Cl2N3O/c1-14-5-3-6-16(11-14)15(2)27-23(29)18-7-4-8-22-19(18)13-26-28(22)17-9-10-20(24)21(25)12-17/h3-13,15H,1-2H3,(H,27,29). The number of carbonyl (C=O) groups is 1. The van der Waals surface area contributed by atoms with E-state index in [-0.39, 0.29) is 11.9 Å². The third-order valence-electron chi connectivity index (χ3n) is 4.90. The zero-order chi connectivity index (χ0) is 20.5. The lowest BCUT2D eigenvalue weighted by molar-refractivity contribution is 0.0941. The number of amides is 1. The van der Waals surface area contributed by atoms with Crippen LogP contribution >= 0.6 is 23.2 Å². The molecule has 4 nitrogen and oxygen atoms in total. The SMILES string of the molecule is Cc1cccc(C(C)NC(=O)c2cccc3c2cnn3-c2ccc(Cl)c(Cl)c2)c1. The Morgan fingerprint density at radius 3 is 2.59 bits per heavy atom. The Labute approximate surface area is 179 Å². The van der Waals surface area contributed by atoms with E-state index in [9.17, 15) is 4.79 Å². The minimum absolute atomic E-state index is 0.109. The van der Waals surface area contributed by atoms with E-state index in [4.69, 9.17) is 23.2 Å². The molecule has 0 saturated heterocycles. The lowest BCUT2D eigenvalue weighted by Crippen LogP contribution is -2.26. The first-order valence-corrected chi connectivity index (χ1v) is 9.99. The Kier molecular flexibility index (Phi) is 5.31. The topological polar surface area (TPSA) is 46.9 Å². The first kappa shape index (κ1) is 19.5. The predicted octanol–water partition coefficient (Wildman–Crippen LogP) is 6.13. The van der Waals surface area contributed by atoms with Crippen LogP contribution in [0, 0.1) is 6.92 Å². The molecule has 0 aliphatic heterocycles. The Balaban J connectivity index is 1.67. The molecule has 1 N–H and O–H groups in total. The quantitative estimate of drug-likeness (QED) is 0.428. The van der Waals surface area contributed by atoms with Gasteiger partial charge in [0.15, 0.2) is 0 Å². The summed E-state index contributed by atoms with van der Waals surface area (Å²) in [5, 5.41) is 9.25. The van der Waals surface area contributed by atoms with Gasteiger partial charge < -0.3 is 5.32 Å². The van der Waals surface area contributed by atoms with Crippen LogP contribution in [-0.4, -0.2) is 15.7 Å². The van der Waals surface area contributed by atoms with Crippen LogP contribution in [0.15, 0.2) is 66.9 Å². The lowest BCUT2D eigenvalue weighted by atomic mass is 10.0. The Morgan fingerprint density at radius 1 is 1.03 bits per heavy atom. The van der Waals surface area contributed by atoms with Crippen LogP contribution in [0.3, 0.4) is 0 Å². The van der Waals surface area contributed by atoms with Gasteiger partial charge in [0.2, 0.25) is 0 Å². The second-order valence-corrected chi connectivity index (χ2v) is 7.82. The first-order valence-electron chi connectivity index (χ1n) is 9.23. The highest BCUT2D eigenvalue weighted by molar-refractivity contribution is 6.42. The van der Waals surface area contributed by atoms with Crippen molar-refractivity contribution in [3.63, 3.8) is 0 Å². The molecule has 3 aromatic carbocycles. The molecule has 0 aliphatic carbocycles. The number of aromatic nitrogens is 2. The Bertz CT molecular complexity index is 1220. The summed E-state index contributed by atoms with van der Waals surface area (Å²) in [6.45, 7) is 4.02. The van der Waals surface area contributed by atoms with E-state index >= 15 is 0 Å². The van der Waals surface area contributed by atoms with Gasteiger partial charge in [-0.25, -0.2) is 4.68 Å². The van der Waals surface area contributed by atoms with Crippen molar-refractivity contribution < 1.29 is 4.79 Å². The number of hydrogen-bond acceptors (Lipinski definition) is 2. The number of halogens is 2. The summed E-state index contributed by atoms with van der Waals surface area (Å²) in [6, 6.07) is 18.9. The van der Waals surface area contributed by atoms with E-state index in [2.05, 4.69) is 16.5 Å². The van der Waals surface area contributed by atoms with Crippen molar-refractivity contribution in [1.29, 1.82) is 0 Å². The van der Waals surface area contributed by atoms with Crippen molar-refractivity contribution in [2.45, 2.75) is 19.9 Å². The van der Waals surface area contributed by atoms with Crippen LogP contribution in [0.2, 0.25) is 10.0 Å². The third kappa shape index (κ3) is 3.86. The highest BCUT2D eigenvalue weighted by atomic mass is 35.5. The average Bonchev–Trinajstić information content (AvgIpc) is 3.14. The van der Waals surface area contributed by atoms with Crippen molar-refractivity contribution in [3.8, 4) is 5.69 Å². The van der Waals surface area contributed by atoms with Crippen LogP contribution < -0.4 is 5.32 Å². The second kappa shape index (κ2) is 7.90. The van der Waals surface area contributed by atoms with Gasteiger partial charge >= 0.3 is 0 Å². The maximum atomic E-state index is 13.0. The Hall–Kier alpha value is -2.82. The van der Waals surface area contributed by atoms with Crippen LogP contribution in [0.1, 0.15) is 34.5 Å². The smallest absolute Gasteiger partial charge is 0.252 e. The summed E-state index contributed by atoms with van der Waals surface area (Å²) < 4.78 is 1.75. The fraction of sp³-hybridized carbons (Fsp3) is 0.130. The minimum atomic E-state index is -0.140. The van der Waals surface area contributed by atoms with Crippen LogP contribution in [0.5, 0.6) is 0 Å². The van der Waals surface area contributed by atoms with Gasteiger partial charge in [-0.15, -0.1) is 0 Å². The summed E-state index contributed by atoms with van der Waals surface area (Å²) in [5.41, 5.74) is 4.40. The number of benzene rings is 3. The van der Waals surface area contributed by atoms with E-state index in [0.717, 1.165) is 27.7 Å². The zero-order valence-corrected chi connectivity index (χ0v) is 17.5. The Morgan fingerprint density at radius 2 is 1.83 bits per heavy atom. The van der Waals surface area contributed by atoms with Gasteiger partial charge in [-0.2, -0.15) is 5.10 Å².